The number of nitrogens with one attached hydrogen (secondary N) is 1. The molecular weight excluding hydrogens is 198 g/mol. The molecule has 92 valence electrons. The molecule has 0 aliphatic heterocycles. The first-order chi connectivity index (χ1) is 7.61. The highest BCUT2D eigenvalue weighted by Gasteiger charge is 2.16. The summed E-state index contributed by atoms with van der Waals surface area (Å²) in [6, 6.07) is 0.493. The average molecular weight is 223 g/mol. The largest absolute Gasteiger partial charge is 0.313 e. The molecule has 3 nitrogen and oxygen atoms in total. The van der Waals surface area contributed by atoms with Crippen LogP contribution in [-0.4, -0.2) is 16.3 Å². The molecule has 0 spiro atoms. The van der Waals surface area contributed by atoms with Gasteiger partial charge >= 0.3 is 0 Å². The summed E-state index contributed by atoms with van der Waals surface area (Å²) in [6.07, 6.45) is 3.15. The van der Waals surface area contributed by atoms with E-state index in [0.29, 0.717) is 12.0 Å². The van der Waals surface area contributed by atoms with Crippen molar-refractivity contribution in [3.05, 3.63) is 17.5 Å². The van der Waals surface area contributed by atoms with Crippen LogP contribution in [0.2, 0.25) is 0 Å². The Labute approximate surface area is 99.2 Å². The van der Waals surface area contributed by atoms with Crippen LogP contribution < -0.4 is 5.32 Å². The molecule has 0 fully saturated rings. The van der Waals surface area contributed by atoms with E-state index in [0.717, 1.165) is 19.5 Å². The lowest BCUT2D eigenvalue weighted by Gasteiger charge is -2.17. The highest BCUT2D eigenvalue weighted by atomic mass is 15.3. The number of nitrogens with zero attached hydrogens (tertiary/aromatic N) is 2. The van der Waals surface area contributed by atoms with Gasteiger partial charge < -0.3 is 5.32 Å². The van der Waals surface area contributed by atoms with E-state index in [9.17, 15) is 0 Å². The van der Waals surface area contributed by atoms with Gasteiger partial charge in [-0.3, -0.25) is 4.68 Å². The van der Waals surface area contributed by atoms with E-state index in [1.807, 2.05) is 6.20 Å². The molecule has 1 aromatic heterocycles. The van der Waals surface area contributed by atoms with E-state index < -0.39 is 0 Å². The summed E-state index contributed by atoms with van der Waals surface area (Å²) in [5.74, 6) is 0.533. The van der Waals surface area contributed by atoms with Gasteiger partial charge in [0.05, 0.1) is 6.20 Å². The van der Waals surface area contributed by atoms with Gasteiger partial charge in [0.15, 0.2) is 0 Å². The van der Waals surface area contributed by atoms with Gasteiger partial charge in [-0.05, 0) is 25.8 Å². The van der Waals surface area contributed by atoms with Gasteiger partial charge in [0.2, 0.25) is 0 Å². The fraction of sp³-hybridized carbons (Fsp3) is 0.769. The van der Waals surface area contributed by atoms with Crippen LogP contribution in [0.1, 0.15) is 64.3 Å². The molecule has 0 amide bonds. The second kappa shape index (κ2) is 6.04. The van der Waals surface area contributed by atoms with Crippen LogP contribution in [0, 0.1) is 0 Å². The molecule has 1 aromatic rings. The molecule has 1 atom stereocenters. The summed E-state index contributed by atoms with van der Waals surface area (Å²) in [4.78, 5) is 0. The number of hydrogen-bond acceptors (Lipinski definition) is 2. The monoisotopic (exact) mass is 223 g/mol. The molecule has 1 rings (SSSR count). The van der Waals surface area contributed by atoms with Gasteiger partial charge in [0.1, 0.15) is 0 Å². The van der Waals surface area contributed by atoms with Crippen molar-refractivity contribution < 1.29 is 0 Å². The van der Waals surface area contributed by atoms with Crippen LogP contribution in [0.5, 0.6) is 0 Å². The van der Waals surface area contributed by atoms with E-state index in [2.05, 4.69) is 49.7 Å². The van der Waals surface area contributed by atoms with E-state index in [4.69, 9.17) is 0 Å². The van der Waals surface area contributed by atoms with Gasteiger partial charge in [-0.2, -0.15) is 5.10 Å². The number of rotatable bonds is 6. The van der Waals surface area contributed by atoms with E-state index in [1.54, 1.807) is 0 Å². The standard InChI is InChI=1S/C13H25N3/c1-6-11(5)16-13(10(3)4)12(9-15-16)8-14-7-2/h9-11,14H,6-8H2,1-5H3. The van der Waals surface area contributed by atoms with Gasteiger partial charge in [0.25, 0.3) is 0 Å². The molecule has 0 saturated carbocycles. The topological polar surface area (TPSA) is 29.9 Å². The quantitative estimate of drug-likeness (QED) is 0.803. The maximum Gasteiger partial charge on any atom is 0.0537 e. The van der Waals surface area contributed by atoms with Crippen molar-refractivity contribution >= 4 is 0 Å². The summed E-state index contributed by atoms with van der Waals surface area (Å²) in [7, 11) is 0. The first-order valence-corrected chi connectivity index (χ1v) is 6.38. The molecule has 0 radical (unpaired) electrons. The minimum Gasteiger partial charge on any atom is -0.313 e. The predicted molar refractivity (Wildman–Crippen MR) is 68.7 cm³/mol. The summed E-state index contributed by atoms with van der Waals surface area (Å²) < 4.78 is 2.19. The summed E-state index contributed by atoms with van der Waals surface area (Å²) in [6.45, 7) is 13.0. The van der Waals surface area contributed by atoms with Crippen molar-refractivity contribution in [1.29, 1.82) is 0 Å². The third-order valence-corrected chi connectivity index (χ3v) is 3.03. The fourth-order valence-electron chi connectivity index (χ4n) is 1.96. The van der Waals surface area contributed by atoms with Crippen molar-refractivity contribution in [2.45, 2.75) is 59.5 Å². The van der Waals surface area contributed by atoms with Crippen molar-refractivity contribution in [3.8, 4) is 0 Å². The van der Waals surface area contributed by atoms with Crippen molar-refractivity contribution in [3.63, 3.8) is 0 Å². The van der Waals surface area contributed by atoms with Gasteiger partial charge in [0, 0.05) is 23.8 Å². The molecule has 3 heteroatoms. The lowest BCUT2D eigenvalue weighted by Crippen LogP contribution is -2.16. The van der Waals surface area contributed by atoms with E-state index >= 15 is 0 Å². The first kappa shape index (κ1) is 13.2. The SMILES string of the molecule is CCNCc1cnn(C(C)CC)c1C(C)C. The minimum atomic E-state index is 0.493. The third-order valence-electron chi connectivity index (χ3n) is 3.03. The summed E-state index contributed by atoms with van der Waals surface area (Å²) in [5.41, 5.74) is 2.73. The molecule has 0 saturated heterocycles. The molecule has 1 heterocycles. The Bertz CT molecular complexity index is 315. The molecule has 1 N–H and O–H groups in total. The summed E-state index contributed by atoms with van der Waals surface area (Å²) in [5, 5.41) is 7.91. The molecule has 16 heavy (non-hydrogen) atoms. The Morgan fingerprint density at radius 2 is 2.00 bits per heavy atom. The average Bonchev–Trinajstić information content (AvgIpc) is 2.68. The Kier molecular flexibility index (Phi) is 5.00. The van der Waals surface area contributed by atoms with Crippen LogP contribution in [-0.2, 0) is 6.54 Å². The Morgan fingerprint density at radius 1 is 1.31 bits per heavy atom. The molecule has 0 aliphatic carbocycles. The van der Waals surface area contributed by atoms with Gasteiger partial charge in [-0.15, -0.1) is 0 Å². The molecule has 0 bridgehead atoms. The van der Waals surface area contributed by atoms with Gasteiger partial charge in [-0.1, -0.05) is 27.7 Å². The third kappa shape index (κ3) is 2.85. The van der Waals surface area contributed by atoms with Crippen LogP contribution in [0.3, 0.4) is 0 Å². The number of hydrogen-bond donors (Lipinski definition) is 1. The lowest BCUT2D eigenvalue weighted by atomic mass is 10.0. The zero-order valence-electron chi connectivity index (χ0n) is 11.2. The van der Waals surface area contributed by atoms with Crippen LogP contribution in [0.25, 0.3) is 0 Å². The predicted octanol–water partition coefficient (Wildman–Crippen LogP) is 3.09. The van der Waals surface area contributed by atoms with Crippen LogP contribution >= 0.6 is 0 Å². The number of aromatic nitrogens is 2. The normalized spacial score (nSPS) is 13.4. The fourth-order valence-corrected chi connectivity index (χ4v) is 1.96. The molecule has 1 unspecified atom stereocenters. The zero-order valence-corrected chi connectivity index (χ0v) is 11.2. The smallest absolute Gasteiger partial charge is 0.0537 e. The highest BCUT2D eigenvalue weighted by Crippen LogP contribution is 2.23. The maximum absolute atomic E-state index is 4.54. The first-order valence-electron chi connectivity index (χ1n) is 6.38. The minimum absolute atomic E-state index is 0.493. The van der Waals surface area contributed by atoms with E-state index in [-0.39, 0.29) is 0 Å². The molecular formula is C13H25N3. The highest BCUT2D eigenvalue weighted by molar-refractivity contribution is 5.21. The van der Waals surface area contributed by atoms with Crippen molar-refractivity contribution in [2.75, 3.05) is 6.54 Å². The van der Waals surface area contributed by atoms with Gasteiger partial charge in [-0.25, -0.2) is 0 Å². The Balaban J connectivity index is 2.97. The molecule has 0 aromatic carbocycles. The van der Waals surface area contributed by atoms with E-state index in [1.165, 1.54) is 11.3 Å². The summed E-state index contributed by atoms with van der Waals surface area (Å²) >= 11 is 0. The zero-order chi connectivity index (χ0) is 12.1. The maximum atomic E-state index is 4.54. The van der Waals surface area contributed by atoms with Crippen LogP contribution in [0.4, 0.5) is 0 Å². The lowest BCUT2D eigenvalue weighted by molar-refractivity contribution is 0.450. The van der Waals surface area contributed by atoms with Crippen molar-refractivity contribution in [1.82, 2.24) is 15.1 Å². The van der Waals surface area contributed by atoms with Crippen molar-refractivity contribution in [2.24, 2.45) is 0 Å². The van der Waals surface area contributed by atoms with Crippen LogP contribution in [0.15, 0.2) is 6.20 Å². The Hall–Kier alpha value is -0.830. The molecule has 0 aliphatic rings. The second-order valence-corrected chi connectivity index (χ2v) is 4.69. The second-order valence-electron chi connectivity index (χ2n) is 4.69. The Morgan fingerprint density at radius 3 is 2.50 bits per heavy atom.